The minimum Gasteiger partial charge on any atom is -0.394 e. The fraction of sp³-hybridized carbons (Fsp3) is 0.846. The summed E-state index contributed by atoms with van der Waals surface area (Å²) in [6, 6.07) is 0. The van der Waals surface area contributed by atoms with Gasteiger partial charge < -0.3 is 15.3 Å². The van der Waals surface area contributed by atoms with E-state index in [0.717, 1.165) is 19.3 Å². The Balaban J connectivity index is 4.12. The molecule has 0 aliphatic rings. The summed E-state index contributed by atoms with van der Waals surface area (Å²) in [6.45, 7) is 9.17. The Morgan fingerprint density at radius 3 is 2.19 bits per heavy atom. The summed E-state index contributed by atoms with van der Waals surface area (Å²) in [5.74, 6) is 0. The molecule has 2 atom stereocenters. The van der Waals surface area contributed by atoms with E-state index < -0.39 is 11.7 Å². The first-order valence-corrected chi connectivity index (χ1v) is 5.87. The average molecular weight is 230 g/mol. The maximum absolute atomic E-state index is 9.60. The third-order valence-corrected chi connectivity index (χ3v) is 2.94. The monoisotopic (exact) mass is 230 g/mol. The number of allylic oxidation sites excluding steroid dienone is 1. The lowest BCUT2D eigenvalue weighted by Crippen LogP contribution is -2.25. The molecule has 0 unspecified atom stereocenters. The summed E-state index contributed by atoms with van der Waals surface area (Å²) >= 11 is 0. The van der Waals surface area contributed by atoms with Crippen LogP contribution in [-0.2, 0) is 0 Å². The normalized spacial score (nSPS) is 17.9. The van der Waals surface area contributed by atoms with Gasteiger partial charge in [0.15, 0.2) is 0 Å². The first-order chi connectivity index (χ1) is 7.22. The van der Waals surface area contributed by atoms with Crippen molar-refractivity contribution in [2.24, 2.45) is 5.41 Å². The van der Waals surface area contributed by atoms with E-state index in [-0.39, 0.29) is 12.0 Å². The first-order valence-electron chi connectivity index (χ1n) is 5.87. The SMILES string of the molecule is C=C[C@](C)(CCCC(C)(C)O)C[C@@H](O)CO. The molecule has 16 heavy (non-hydrogen) atoms. The van der Waals surface area contributed by atoms with Crippen LogP contribution in [0.4, 0.5) is 0 Å². The van der Waals surface area contributed by atoms with Gasteiger partial charge in [0.1, 0.15) is 0 Å². The molecule has 0 rings (SSSR count). The molecule has 0 fully saturated rings. The smallest absolute Gasteiger partial charge is 0.0779 e. The largest absolute Gasteiger partial charge is 0.394 e. The number of aliphatic hydroxyl groups is 3. The molecule has 3 N–H and O–H groups in total. The second-order valence-corrected chi connectivity index (χ2v) is 5.56. The second kappa shape index (κ2) is 6.38. The van der Waals surface area contributed by atoms with Crippen LogP contribution >= 0.6 is 0 Å². The highest BCUT2D eigenvalue weighted by atomic mass is 16.3. The van der Waals surface area contributed by atoms with Gasteiger partial charge in [0.05, 0.1) is 18.3 Å². The summed E-state index contributed by atoms with van der Waals surface area (Å²) in [5.41, 5.74) is -0.814. The molecule has 0 aromatic rings. The van der Waals surface area contributed by atoms with Gasteiger partial charge in [0.2, 0.25) is 0 Å². The van der Waals surface area contributed by atoms with Gasteiger partial charge in [0, 0.05) is 0 Å². The predicted octanol–water partition coefficient (Wildman–Crippen LogP) is 1.86. The van der Waals surface area contributed by atoms with Crippen molar-refractivity contribution < 1.29 is 15.3 Å². The van der Waals surface area contributed by atoms with Crippen LogP contribution in [-0.4, -0.2) is 33.6 Å². The van der Waals surface area contributed by atoms with Crippen molar-refractivity contribution in [3.8, 4) is 0 Å². The van der Waals surface area contributed by atoms with E-state index in [1.165, 1.54) is 0 Å². The maximum atomic E-state index is 9.60. The van der Waals surface area contributed by atoms with Gasteiger partial charge in [-0.05, 0) is 44.9 Å². The number of rotatable bonds is 8. The van der Waals surface area contributed by atoms with Gasteiger partial charge in [-0.2, -0.15) is 0 Å². The van der Waals surface area contributed by atoms with E-state index in [4.69, 9.17) is 5.11 Å². The van der Waals surface area contributed by atoms with Crippen LogP contribution in [0.15, 0.2) is 12.7 Å². The van der Waals surface area contributed by atoms with Crippen LogP contribution in [0.2, 0.25) is 0 Å². The van der Waals surface area contributed by atoms with E-state index >= 15 is 0 Å². The standard InChI is InChI=1S/C13H26O3/c1-5-13(4,9-11(15)10-14)8-6-7-12(2,3)16/h5,11,14-16H,1,6-10H2,2-4H3/t11-,13-/m1/s1. The Kier molecular flexibility index (Phi) is 6.23. The fourth-order valence-electron chi connectivity index (χ4n) is 1.82. The molecule has 0 radical (unpaired) electrons. The van der Waals surface area contributed by atoms with Gasteiger partial charge in [-0.3, -0.25) is 0 Å². The molecule has 0 saturated heterocycles. The second-order valence-electron chi connectivity index (χ2n) is 5.56. The minimum atomic E-state index is -0.690. The summed E-state index contributed by atoms with van der Waals surface area (Å²) in [6.07, 6.45) is 4.12. The highest BCUT2D eigenvalue weighted by Crippen LogP contribution is 2.32. The predicted molar refractivity (Wildman–Crippen MR) is 66.2 cm³/mol. The molecule has 0 spiro atoms. The number of hydrogen-bond donors (Lipinski definition) is 3. The van der Waals surface area contributed by atoms with Crippen molar-refractivity contribution in [3.05, 3.63) is 12.7 Å². The highest BCUT2D eigenvalue weighted by Gasteiger charge is 2.24. The van der Waals surface area contributed by atoms with Gasteiger partial charge in [-0.15, -0.1) is 6.58 Å². The van der Waals surface area contributed by atoms with Crippen molar-refractivity contribution >= 4 is 0 Å². The molecular formula is C13H26O3. The molecule has 96 valence electrons. The van der Waals surface area contributed by atoms with E-state index in [2.05, 4.69) is 6.58 Å². The van der Waals surface area contributed by atoms with Crippen molar-refractivity contribution in [2.45, 2.75) is 58.2 Å². The third-order valence-electron chi connectivity index (χ3n) is 2.94. The Morgan fingerprint density at radius 2 is 1.81 bits per heavy atom. The van der Waals surface area contributed by atoms with E-state index in [9.17, 15) is 10.2 Å². The lowest BCUT2D eigenvalue weighted by atomic mass is 9.79. The Hall–Kier alpha value is -0.380. The molecule has 0 aromatic heterocycles. The van der Waals surface area contributed by atoms with Crippen LogP contribution in [0.5, 0.6) is 0 Å². The van der Waals surface area contributed by atoms with E-state index in [0.29, 0.717) is 6.42 Å². The molecule has 0 heterocycles. The van der Waals surface area contributed by atoms with Crippen LogP contribution in [0, 0.1) is 5.41 Å². The van der Waals surface area contributed by atoms with Crippen molar-refractivity contribution in [2.75, 3.05) is 6.61 Å². The Labute approximate surface area is 98.8 Å². The zero-order valence-electron chi connectivity index (χ0n) is 10.7. The van der Waals surface area contributed by atoms with Crippen LogP contribution < -0.4 is 0 Å². The van der Waals surface area contributed by atoms with E-state index in [1.54, 1.807) is 13.8 Å². The van der Waals surface area contributed by atoms with Crippen LogP contribution in [0.25, 0.3) is 0 Å². The molecule has 0 aliphatic carbocycles. The van der Waals surface area contributed by atoms with Gasteiger partial charge in [0.25, 0.3) is 0 Å². The number of aliphatic hydroxyl groups excluding tert-OH is 2. The molecule has 3 nitrogen and oxygen atoms in total. The third kappa shape index (κ3) is 6.99. The van der Waals surface area contributed by atoms with Crippen LogP contribution in [0.1, 0.15) is 46.5 Å². The lowest BCUT2D eigenvalue weighted by Gasteiger charge is -2.29. The zero-order chi connectivity index (χ0) is 12.8. The van der Waals surface area contributed by atoms with Crippen LogP contribution in [0.3, 0.4) is 0 Å². The van der Waals surface area contributed by atoms with Crippen molar-refractivity contribution in [3.63, 3.8) is 0 Å². The molecule has 0 amide bonds. The van der Waals surface area contributed by atoms with Gasteiger partial charge >= 0.3 is 0 Å². The summed E-state index contributed by atoms with van der Waals surface area (Å²) < 4.78 is 0. The molecule has 0 aromatic carbocycles. The number of hydrogen-bond acceptors (Lipinski definition) is 3. The molecule has 0 bridgehead atoms. The zero-order valence-corrected chi connectivity index (χ0v) is 10.7. The Bertz CT molecular complexity index is 208. The molecule has 0 saturated carbocycles. The van der Waals surface area contributed by atoms with Crippen molar-refractivity contribution in [1.29, 1.82) is 0 Å². The topological polar surface area (TPSA) is 60.7 Å². The molecule has 0 aliphatic heterocycles. The summed E-state index contributed by atoms with van der Waals surface area (Å²) in [7, 11) is 0. The fourth-order valence-corrected chi connectivity index (χ4v) is 1.82. The quantitative estimate of drug-likeness (QED) is 0.558. The maximum Gasteiger partial charge on any atom is 0.0779 e. The van der Waals surface area contributed by atoms with Crippen molar-refractivity contribution in [1.82, 2.24) is 0 Å². The summed E-state index contributed by atoms with van der Waals surface area (Å²) in [5, 5.41) is 27.9. The van der Waals surface area contributed by atoms with E-state index in [1.807, 2.05) is 13.0 Å². The first kappa shape index (κ1) is 15.6. The highest BCUT2D eigenvalue weighted by molar-refractivity contribution is 4.93. The van der Waals surface area contributed by atoms with Gasteiger partial charge in [-0.1, -0.05) is 13.0 Å². The summed E-state index contributed by atoms with van der Waals surface area (Å²) in [4.78, 5) is 0. The molecule has 3 heteroatoms. The van der Waals surface area contributed by atoms with Gasteiger partial charge in [-0.25, -0.2) is 0 Å². The molecular weight excluding hydrogens is 204 g/mol. The Morgan fingerprint density at radius 1 is 1.25 bits per heavy atom. The average Bonchev–Trinajstić information content (AvgIpc) is 2.15. The lowest BCUT2D eigenvalue weighted by molar-refractivity contribution is 0.0506. The minimum absolute atomic E-state index is 0.173.